The van der Waals surface area contributed by atoms with Crippen molar-refractivity contribution in [2.45, 2.75) is 39.2 Å². The Morgan fingerprint density at radius 3 is 2.29 bits per heavy atom. The molecule has 0 aromatic heterocycles. The van der Waals surface area contributed by atoms with Gasteiger partial charge in [-0.25, -0.2) is 4.79 Å². The fourth-order valence-corrected chi connectivity index (χ4v) is 2.00. The number of carbonyl (C=O) groups is 1. The van der Waals surface area contributed by atoms with Gasteiger partial charge in [0.05, 0.1) is 0 Å². The van der Waals surface area contributed by atoms with E-state index in [1.807, 2.05) is 45.9 Å². The lowest BCUT2D eigenvalue weighted by Crippen LogP contribution is -2.41. The van der Waals surface area contributed by atoms with Crippen LogP contribution in [0.4, 0.5) is 0 Å². The van der Waals surface area contributed by atoms with E-state index in [2.05, 4.69) is 0 Å². The molecule has 1 aromatic rings. The van der Waals surface area contributed by atoms with Crippen LogP contribution in [0.3, 0.4) is 0 Å². The van der Waals surface area contributed by atoms with E-state index in [1.54, 1.807) is 0 Å². The molecule has 0 aliphatic carbocycles. The maximum absolute atomic E-state index is 11.2. The molecule has 0 bridgehead atoms. The Kier molecular flexibility index (Phi) is 3.94. The van der Waals surface area contributed by atoms with Gasteiger partial charge in [-0.15, -0.1) is 0 Å². The maximum Gasteiger partial charge on any atom is 0.333 e. The lowest BCUT2D eigenvalue weighted by molar-refractivity contribution is -0.152. The van der Waals surface area contributed by atoms with E-state index in [9.17, 15) is 4.79 Å². The van der Waals surface area contributed by atoms with Gasteiger partial charge in [0.25, 0.3) is 0 Å². The van der Waals surface area contributed by atoms with Gasteiger partial charge < -0.3 is 9.84 Å². The molecule has 0 spiro atoms. The van der Waals surface area contributed by atoms with Crippen molar-refractivity contribution >= 4 is 5.97 Å². The average molecular weight is 236 g/mol. The zero-order chi connectivity index (χ0) is 13.2. The first-order chi connectivity index (χ1) is 7.80. The first-order valence-corrected chi connectivity index (χ1v) is 5.64. The summed E-state index contributed by atoms with van der Waals surface area (Å²) in [4.78, 5) is 11.2. The van der Waals surface area contributed by atoms with Gasteiger partial charge in [0.1, 0.15) is 0 Å². The number of aryl methyl sites for hydroxylation is 2. The molecule has 94 valence electrons. The minimum Gasteiger partial charge on any atom is -0.479 e. The molecule has 0 heterocycles. The second-order valence-electron chi connectivity index (χ2n) is 4.97. The van der Waals surface area contributed by atoms with Crippen molar-refractivity contribution in [1.82, 2.24) is 0 Å². The number of carboxylic acids is 1. The van der Waals surface area contributed by atoms with Crippen molar-refractivity contribution < 1.29 is 14.6 Å². The van der Waals surface area contributed by atoms with Crippen LogP contribution in [0.15, 0.2) is 18.2 Å². The Morgan fingerprint density at radius 2 is 1.88 bits per heavy atom. The van der Waals surface area contributed by atoms with Gasteiger partial charge in [-0.3, -0.25) is 0 Å². The van der Waals surface area contributed by atoms with Gasteiger partial charge in [0.2, 0.25) is 0 Å². The quantitative estimate of drug-likeness (QED) is 0.874. The standard InChI is InChI=1S/C14H20O3/c1-9-6-7-11(8-10(9)2)14(3,4)12(17-5)13(15)16/h6-8,12H,1-5H3,(H,15,16). The van der Waals surface area contributed by atoms with Crippen LogP contribution in [-0.4, -0.2) is 24.3 Å². The Hall–Kier alpha value is -1.35. The van der Waals surface area contributed by atoms with E-state index in [4.69, 9.17) is 9.84 Å². The molecular formula is C14H20O3. The molecule has 0 saturated heterocycles. The summed E-state index contributed by atoms with van der Waals surface area (Å²) in [5.41, 5.74) is 2.79. The molecule has 17 heavy (non-hydrogen) atoms. The van der Waals surface area contributed by atoms with Gasteiger partial charge in [-0.2, -0.15) is 0 Å². The Labute approximate surface area is 102 Å². The Bertz CT molecular complexity index is 421. The maximum atomic E-state index is 11.2. The highest BCUT2D eigenvalue weighted by molar-refractivity contribution is 5.74. The molecule has 1 atom stereocenters. The van der Waals surface area contributed by atoms with Gasteiger partial charge in [-0.1, -0.05) is 32.0 Å². The van der Waals surface area contributed by atoms with Crippen molar-refractivity contribution in [3.63, 3.8) is 0 Å². The number of rotatable bonds is 4. The fraction of sp³-hybridized carbons (Fsp3) is 0.500. The number of carboxylic acid groups (broad SMARTS) is 1. The van der Waals surface area contributed by atoms with Crippen LogP contribution >= 0.6 is 0 Å². The molecule has 0 amide bonds. The zero-order valence-electron chi connectivity index (χ0n) is 11.1. The van der Waals surface area contributed by atoms with Crippen molar-refractivity contribution in [3.05, 3.63) is 34.9 Å². The number of benzene rings is 1. The molecule has 1 N–H and O–H groups in total. The van der Waals surface area contributed by atoms with Crippen LogP contribution in [0, 0.1) is 13.8 Å². The lowest BCUT2D eigenvalue weighted by Gasteiger charge is -2.31. The van der Waals surface area contributed by atoms with E-state index in [0.29, 0.717) is 0 Å². The van der Waals surface area contributed by atoms with Crippen molar-refractivity contribution in [2.24, 2.45) is 0 Å². The molecule has 0 radical (unpaired) electrons. The number of hydrogen-bond acceptors (Lipinski definition) is 2. The van der Waals surface area contributed by atoms with Crippen LogP contribution < -0.4 is 0 Å². The highest BCUT2D eigenvalue weighted by Crippen LogP contribution is 2.30. The number of methoxy groups -OCH3 is 1. The van der Waals surface area contributed by atoms with Crippen LogP contribution in [0.2, 0.25) is 0 Å². The van der Waals surface area contributed by atoms with E-state index in [0.717, 1.165) is 11.1 Å². The van der Waals surface area contributed by atoms with Crippen LogP contribution in [0.25, 0.3) is 0 Å². The highest BCUT2D eigenvalue weighted by atomic mass is 16.5. The van der Waals surface area contributed by atoms with Crippen molar-refractivity contribution in [2.75, 3.05) is 7.11 Å². The largest absolute Gasteiger partial charge is 0.479 e. The predicted octanol–water partition coefficient (Wildman–Crippen LogP) is 2.68. The summed E-state index contributed by atoms with van der Waals surface area (Å²) < 4.78 is 5.10. The fourth-order valence-electron chi connectivity index (χ4n) is 2.00. The predicted molar refractivity (Wildman–Crippen MR) is 67.4 cm³/mol. The Balaban J connectivity index is 3.19. The van der Waals surface area contributed by atoms with Gasteiger partial charge in [0, 0.05) is 12.5 Å². The third-order valence-corrected chi connectivity index (χ3v) is 3.37. The summed E-state index contributed by atoms with van der Waals surface area (Å²) in [6, 6.07) is 6.02. The number of ether oxygens (including phenoxy) is 1. The van der Waals surface area contributed by atoms with E-state index < -0.39 is 17.5 Å². The minimum absolute atomic E-state index is 0.557. The molecule has 3 nitrogen and oxygen atoms in total. The first-order valence-electron chi connectivity index (χ1n) is 5.64. The second kappa shape index (κ2) is 4.88. The third-order valence-electron chi connectivity index (χ3n) is 3.37. The first kappa shape index (κ1) is 13.7. The summed E-state index contributed by atoms with van der Waals surface area (Å²) in [5.74, 6) is -0.935. The third kappa shape index (κ3) is 2.67. The topological polar surface area (TPSA) is 46.5 Å². The van der Waals surface area contributed by atoms with Crippen LogP contribution in [0.1, 0.15) is 30.5 Å². The minimum atomic E-state index is -0.935. The average Bonchev–Trinajstić information content (AvgIpc) is 2.21. The molecule has 1 rings (SSSR count). The molecule has 0 fully saturated rings. The molecular weight excluding hydrogens is 216 g/mol. The van der Waals surface area contributed by atoms with Crippen LogP contribution in [-0.2, 0) is 14.9 Å². The van der Waals surface area contributed by atoms with Gasteiger partial charge in [-0.05, 0) is 30.5 Å². The Morgan fingerprint density at radius 1 is 1.29 bits per heavy atom. The van der Waals surface area contributed by atoms with E-state index in [-0.39, 0.29) is 0 Å². The molecule has 1 unspecified atom stereocenters. The lowest BCUT2D eigenvalue weighted by atomic mass is 9.78. The summed E-state index contributed by atoms with van der Waals surface area (Å²) in [6.45, 7) is 7.84. The number of hydrogen-bond donors (Lipinski definition) is 1. The van der Waals surface area contributed by atoms with E-state index >= 15 is 0 Å². The zero-order valence-corrected chi connectivity index (χ0v) is 11.1. The van der Waals surface area contributed by atoms with E-state index in [1.165, 1.54) is 12.7 Å². The summed E-state index contributed by atoms with van der Waals surface area (Å²) in [6.07, 6.45) is -0.843. The highest BCUT2D eigenvalue weighted by Gasteiger charge is 2.37. The van der Waals surface area contributed by atoms with Crippen LogP contribution in [0.5, 0.6) is 0 Å². The smallest absolute Gasteiger partial charge is 0.333 e. The summed E-state index contributed by atoms with van der Waals surface area (Å²) >= 11 is 0. The molecule has 0 saturated carbocycles. The summed E-state index contributed by atoms with van der Waals surface area (Å²) in [5, 5.41) is 9.17. The molecule has 1 aromatic carbocycles. The normalized spacial score (nSPS) is 13.5. The van der Waals surface area contributed by atoms with Gasteiger partial charge in [0.15, 0.2) is 6.10 Å². The van der Waals surface area contributed by atoms with Gasteiger partial charge >= 0.3 is 5.97 Å². The molecule has 0 aliphatic rings. The molecule has 3 heteroatoms. The number of aliphatic carboxylic acids is 1. The van der Waals surface area contributed by atoms with Crippen molar-refractivity contribution in [1.29, 1.82) is 0 Å². The van der Waals surface area contributed by atoms with Crippen molar-refractivity contribution in [3.8, 4) is 0 Å². The monoisotopic (exact) mass is 236 g/mol. The summed E-state index contributed by atoms with van der Waals surface area (Å²) in [7, 11) is 1.43. The second-order valence-corrected chi connectivity index (χ2v) is 4.97. The molecule has 0 aliphatic heterocycles. The SMILES string of the molecule is COC(C(=O)O)C(C)(C)c1ccc(C)c(C)c1.